The van der Waals surface area contributed by atoms with Crippen LogP contribution < -0.4 is 11.1 Å². The minimum Gasteiger partial charge on any atom is -0.475 e. The number of carboxylic acid groups (broad SMARTS) is 2. The Hall–Kier alpha value is -4.96. The maximum Gasteiger partial charge on any atom is 0.490 e. The Balaban J connectivity index is 0.000000301. The molecule has 1 amide bonds. The quantitative estimate of drug-likeness (QED) is 0.195. The van der Waals surface area contributed by atoms with Gasteiger partial charge in [-0.25, -0.2) is 18.4 Å². The standard InChI is InChI=1S/C24H19F2N5OS.2C2HF3O2/c25-17-2-1-13(20-16(10-27)23(28)33-22(17)20)19-14-4-7-30-6-3-12-11-29-5-8-31(12)24(32)15(21(14)30)9-18(19)26;2*3-2(4,5)1(6)7/h1-2,4,7,9,12,29H,3,5-6,8,11,28H2;2*(H,6,7)/t12-;;/m0../s1. The highest BCUT2D eigenvalue weighted by Gasteiger charge is 2.39. The highest BCUT2D eigenvalue weighted by molar-refractivity contribution is 7.23. The largest absolute Gasteiger partial charge is 0.490 e. The molecule has 2 aliphatic rings. The predicted molar refractivity (Wildman–Crippen MR) is 151 cm³/mol. The lowest BCUT2D eigenvalue weighted by atomic mass is 9.93. The van der Waals surface area contributed by atoms with Crippen LogP contribution >= 0.6 is 11.3 Å². The van der Waals surface area contributed by atoms with E-state index in [9.17, 15) is 40.8 Å². The van der Waals surface area contributed by atoms with Gasteiger partial charge in [0.15, 0.2) is 0 Å². The number of nitrogens with two attached hydrogens (primary N) is 1. The second kappa shape index (κ2) is 13.0. The molecule has 0 saturated carbocycles. The number of aromatic nitrogens is 1. The highest BCUT2D eigenvalue weighted by atomic mass is 32.1. The van der Waals surface area contributed by atoms with E-state index in [0.717, 1.165) is 24.3 Å². The number of piperazine rings is 1. The molecule has 1 atom stereocenters. The topological polar surface area (TPSA) is 162 Å². The van der Waals surface area contributed by atoms with Crippen molar-refractivity contribution in [3.05, 3.63) is 53.2 Å². The van der Waals surface area contributed by atoms with Crippen LogP contribution in [0.2, 0.25) is 0 Å². The van der Waals surface area contributed by atoms with E-state index in [2.05, 4.69) is 5.32 Å². The third-order valence-corrected chi connectivity index (χ3v) is 8.25. The van der Waals surface area contributed by atoms with Gasteiger partial charge in [-0.15, -0.1) is 11.3 Å². The lowest BCUT2D eigenvalue weighted by molar-refractivity contribution is -0.193. The number of carboxylic acids is 2. The van der Waals surface area contributed by atoms with Gasteiger partial charge in [-0.2, -0.15) is 31.6 Å². The Morgan fingerprint density at radius 1 is 1.00 bits per heavy atom. The fraction of sp³-hybridized carbons (Fsp3) is 0.286. The van der Waals surface area contributed by atoms with Crippen LogP contribution in [-0.4, -0.2) is 75.6 Å². The summed E-state index contributed by atoms with van der Waals surface area (Å²) in [6, 6.07) is 7.94. The molecule has 0 bridgehead atoms. The van der Waals surface area contributed by atoms with Gasteiger partial charge in [-0.05, 0) is 30.2 Å². The van der Waals surface area contributed by atoms with Crippen molar-refractivity contribution in [1.29, 1.82) is 5.26 Å². The summed E-state index contributed by atoms with van der Waals surface area (Å²) in [5.74, 6) is -6.79. The maximum absolute atomic E-state index is 15.8. The number of nitrogens with zero attached hydrogens (tertiary/aromatic N) is 3. The Labute approximate surface area is 262 Å². The third kappa shape index (κ3) is 6.92. The summed E-state index contributed by atoms with van der Waals surface area (Å²) in [4.78, 5) is 33.1. The molecule has 0 radical (unpaired) electrons. The number of aryl methyl sites for hydroxylation is 1. The smallest absolute Gasteiger partial charge is 0.475 e. The third-order valence-electron chi connectivity index (χ3n) is 7.23. The summed E-state index contributed by atoms with van der Waals surface area (Å²) < 4.78 is 96.0. The molecule has 0 spiro atoms. The molecule has 2 aromatic carbocycles. The molecule has 0 unspecified atom stereocenters. The second-order valence-corrected chi connectivity index (χ2v) is 11.1. The molecule has 2 aliphatic heterocycles. The number of benzene rings is 2. The van der Waals surface area contributed by atoms with Crippen LogP contribution in [0, 0.1) is 23.0 Å². The molecule has 4 heterocycles. The number of anilines is 1. The summed E-state index contributed by atoms with van der Waals surface area (Å²) >= 11 is 0.979. The molecule has 6 rings (SSSR count). The van der Waals surface area contributed by atoms with Crippen LogP contribution in [0.1, 0.15) is 22.3 Å². The van der Waals surface area contributed by atoms with E-state index in [0.29, 0.717) is 47.1 Å². The summed E-state index contributed by atoms with van der Waals surface area (Å²) in [5.41, 5.74) is 7.75. The summed E-state index contributed by atoms with van der Waals surface area (Å²) in [6.45, 7) is 2.69. The first kappa shape index (κ1) is 34.9. The molecule has 10 nitrogen and oxygen atoms in total. The number of halogens is 8. The van der Waals surface area contributed by atoms with Gasteiger partial charge in [-0.1, -0.05) is 6.07 Å². The van der Waals surface area contributed by atoms with E-state index < -0.39 is 35.9 Å². The molecule has 4 aromatic rings. The van der Waals surface area contributed by atoms with Crippen molar-refractivity contribution in [2.45, 2.75) is 31.4 Å². The van der Waals surface area contributed by atoms with E-state index in [1.165, 1.54) is 18.2 Å². The minimum absolute atomic E-state index is 0.0586. The molecule has 1 saturated heterocycles. The fourth-order valence-electron chi connectivity index (χ4n) is 5.23. The molecule has 250 valence electrons. The first-order valence-corrected chi connectivity index (χ1v) is 14.0. The van der Waals surface area contributed by atoms with Crippen LogP contribution in [0.3, 0.4) is 0 Å². The summed E-state index contributed by atoms with van der Waals surface area (Å²) in [6.07, 6.45) is -7.51. The number of alkyl halides is 6. The second-order valence-electron chi connectivity index (χ2n) is 10.1. The van der Waals surface area contributed by atoms with Crippen LogP contribution in [0.4, 0.5) is 40.1 Å². The van der Waals surface area contributed by atoms with Gasteiger partial charge in [0.05, 0.1) is 21.3 Å². The van der Waals surface area contributed by atoms with Crippen molar-refractivity contribution in [2.24, 2.45) is 0 Å². The van der Waals surface area contributed by atoms with Crippen molar-refractivity contribution in [3.63, 3.8) is 0 Å². The average molecular weight is 692 g/mol. The summed E-state index contributed by atoms with van der Waals surface area (Å²) in [7, 11) is 0. The normalized spacial score (nSPS) is 16.2. The molecule has 5 N–H and O–H groups in total. The van der Waals surface area contributed by atoms with Crippen molar-refractivity contribution in [1.82, 2.24) is 14.8 Å². The van der Waals surface area contributed by atoms with E-state index in [1.807, 2.05) is 21.7 Å². The Kier molecular flexibility index (Phi) is 9.68. The lowest BCUT2D eigenvalue weighted by Crippen LogP contribution is -2.54. The first-order valence-electron chi connectivity index (χ1n) is 13.2. The van der Waals surface area contributed by atoms with Gasteiger partial charge in [0.2, 0.25) is 0 Å². The van der Waals surface area contributed by atoms with Crippen molar-refractivity contribution >= 4 is 55.2 Å². The number of hydrogen-bond acceptors (Lipinski definition) is 7. The predicted octanol–water partition coefficient (Wildman–Crippen LogP) is 5.34. The van der Waals surface area contributed by atoms with Crippen LogP contribution in [-0.2, 0) is 16.1 Å². The molecule has 2 aromatic heterocycles. The van der Waals surface area contributed by atoms with Crippen molar-refractivity contribution in [2.75, 3.05) is 25.4 Å². The van der Waals surface area contributed by atoms with Gasteiger partial charge < -0.3 is 30.7 Å². The number of carbonyl (C=O) groups excluding carboxylic acids is 1. The molecular weight excluding hydrogens is 670 g/mol. The van der Waals surface area contributed by atoms with Gasteiger partial charge in [0.25, 0.3) is 5.91 Å². The molecule has 0 aliphatic carbocycles. The zero-order valence-corrected chi connectivity index (χ0v) is 24.3. The highest BCUT2D eigenvalue weighted by Crippen LogP contribution is 2.44. The van der Waals surface area contributed by atoms with Gasteiger partial charge in [0, 0.05) is 54.8 Å². The van der Waals surface area contributed by atoms with E-state index >= 15 is 4.39 Å². The number of hydrogen-bond donors (Lipinski definition) is 4. The van der Waals surface area contributed by atoms with Crippen molar-refractivity contribution in [3.8, 4) is 17.2 Å². The van der Waals surface area contributed by atoms with E-state index in [-0.39, 0.29) is 32.8 Å². The Bertz CT molecular complexity index is 1900. The van der Waals surface area contributed by atoms with E-state index in [1.54, 1.807) is 6.07 Å². The first-order chi connectivity index (χ1) is 21.9. The number of thiophene rings is 1. The Morgan fingerprint density at radius 2 is 1.62 bits per heavy atom. The lowest BCUT2D eigenvalue weighted by Gasteiger charge is -2.38. The number of carbonyl (C=O) groups is 3. The minimum atomic E-state index is -5.08. The SMILES string of the molecule is N#Cc1c(N)sc2c(F)ccc(-c3c(F)cc4c5c3ccn5CC[C@H]3CNCCN3C4=O)c12.O=C(O)C(F)(F)F.O=C(O)C(F)(F)F. The van der Waals surface area contributed by atoms with Crippen molar-refractivity contribution < 1.29 is 59.7 Å². The molecule has 19 heteroatoms. The maximum atomic E-state index is 15.8. The van der Waals surface area contributed by atoms with Gasteiger partial charge in [0.1, 0.15) is 22.7 Å². The van der Waals surface area contributed by atoms with Crippen LogP contribution in [0.25, 0.3) is 32.1 Å². The number of fused-ring (bicyclic) bond motifs is 2. The fourth-order valence-corrected chi connectivity index (χ4v) is 6.18. The van der Waals surface area contributed by atoms with Gasteiger partial charge in [-0.3, -0.25) is 4.79 Å². The average Bonchev–Trinajstić information content (AvgIpc) is 3.56. The monoisotopic (exact) mass is 691 g/mol. The Morgan fingerprint density at radius 3 is 2.19 bits per heavy atom. The summed E-state index contributed by atoms with van der Waals surface area (Å²) in [5, 5.41) is 28.3. The molecule has 47 heavy (non-hydrogen) atoms. The number of rotatable bonds is 1. The van der Waals surface area contributed by atoms with Crippen LogP contribution in [0.15, 0.2) is 30.5 Å². The van der Waals surface area contributed by atoms with Crippen LogP contribution in [0.5, 0.6) is 0 Å². The number of aliphatic carboxylic acids is 2. The van der Waals surface area contributed by atoms with Gasteiger partial charge >= 0.3 is 24.3 Å². The number of nitrogens with one attached hydrogen (secondary N) is 1. The zero-order valence-electron chi connectivity index (χ0n) is 23.5. The number of amides is 1. The zero-order chi connectivity index (χ0) is 35.0. The number of nitrogen functional groups attached to an aromatic ring is 1. The molecular formula is C28H21F8N5O5S. The van der Waals surface area contributed by atoms with E-state index in [4.69, 9.17) is 25.5 Å². The number of nitriles is 1. The molecule has 1 fully saturated rings.